The van der Waals surface area contributed by atoms with Crippen molar-refractivity contribution in [2.75, 3.05) is 0 Å². The van der Waals surface area contributed by atoms with Gasteiger partial charge in [0.2, 0.25) is 0 Å². The quantitative estimate of drug-likeness (QED) is 0.835. The summed E-state index contributed by atoms with van der Waals surface area (Å²) in [4.78, 5) is 4.31. The van der Waals surface area contributed by atoms with E-state index < -0.39 is 0 Å². The van der Waals surface area contributed by atoms with Crippen LogP contribution in [0.15, 0.2) is 6.33 Å². The van der Waals surface area contributed by atoms with Crippen LogP contribution in [0.2, 0.25) is 0 Å². The molecule has 0 amide bonds. The van der Waals surface area contributed by atoms with Gasteiger partial charge in [0.25, 0.3) is 0 Å². The summed E-state index contributed by atoms with van der Waals surface area (Å²) in [6, 6.07) is 0.435. The van der Waals surface area contributed by atoms with Gasteiger partial charge in [-0.2, -0.15) is 5.10 Å². The van der Waals surface area contributed by atoms with Crippen molar-refractivity contribution < 1.29 is 0 Å². The molecule has 0 saturated heterocycles. The molecule has 0 fully saturated rings. The van der Waals surface area contributed by atoms with Crippen molar-refractivity contribution in [2.24, 2.45) is 0 Å². The molecule has 0 bridgehead atoms. The van der Waals surface area contributed by atoms with Gasteiger partial charge in [0, 0.05) is 5.54 Å². The number of hydrogen-bond donors (Lipinski definition) is 1. The Bertz CT molecular complexity index is 311. The van der Waals surface area contributed by atoms with Crippen LogP contribution < -0.4 is 5.32 Å². The highest BCUT2D eigenvalue weighted by atomic mass is 15.4. The fourth-order valence-electron chi connectivity index (χ4n) is 1.65. The van der Waals surface area contributed by atoms with Crippen LogP contribution in [0.5, 0.6) is 0 Å². The van der Waals surface area contributed by atoms with Crippen molar-refractivity contribution in [1.82, 2.24) is 20.1 Å². The Morgan fingerprint density at radius 2 is 2.12 bits per heavy atom. The third-order valence-corrected chi connectivity index (χ3v) is 2.55. The van der Waals surface area contributed by atoms with Crippen LogP contribution >= 0.6 is 0 Å². The van der Waals surface area contributed by atoms with Crippen molar-refractivity contribution in [2.45, 2.75) is 65.6 Å². The maximum absolute atomic E-state index is 4.31. The summed E-state index contributed by atoms with van der Waals surface area (Å²) in [5, 5.41) is 7.74. The van der Waals surface area contributed by atoms with E-state index in [-0.39, 0.29) is 5.54 Å². The second-order valence-corrected chi connectivity index (χ2v) is 5.36. The Balaban J connectivity index is 2.63. The largest absolute Gasteiger partial charge is 0.305 e. The molecule has 0 aliphatic rings. The molecule has 4 heteroatoms. The van der Waals surface area contributed by atoms with Crippen LogP contribution in [-0.4, -0.2) is 20.3 Å². The molecular formula is C12H24N4. The monoisotopic (exact) mass is 224 g/mol. The highest BCUT2D eigenvalue weighted by Crippen LogP contribution is 2.13. The van der Waals surface area contributed by atoms with Gasteiger partial charge in [-0.25, -0.2) is 9.67 Å². The van der Waals surface area contributed by atoms with Gasteiger partial charge in [0.15, 0.2) is 0 Å². The van der Waals surface area contributed by atoms with Gasteiger partial charge >= 0.3 is 0 Å². The fourth-order valence-corrected chi connectivity index (χ4v) is 1.65. The van der Waals surface area contributed by atoms with Gasteiger partial charge in [-0.1, -0.05) is 13.3 Å². The van der Waals surface area contributed by atoms with Crippen LogP contribution in [0.1, 0.15) is 59.3 Å². The van der Waals surface area contributed by atoms with Crippen LogP contribution in [0, 0.1) is 0 Å². The topological polar surface area (TPSA) is 42.7 Å². The zero-order valence-electron chi connectivity index (χ0n) is 11.1. The predicted octanol–water partition coefficient (Wildman–Crippen LogP) is 2.53. The molecule has 4 nitrogen and oxygen atoms in total. The molecule has 1 aromatic heterocycles. The molecule has 0 spiro atoms. The summed E-state index contributed by atoms with van der Waals surface area (Å²) in [6.07, 6.45) is 3.96. The molecule has 1 aromatic rings. The lowest BCUT2D eigenvalue weighted by atomic mass is 10.1. The highest BCUT2D eigenvalue weighted by molar-refractivity contribution is 4.88. The van der Waals surface area contributed by atoms with Crippen LogP contribution in [0.4, 0.5) is 0 Å². The first kappa shape index (κ1) is 13.2. The van der Waals surface area contributed by atoms with E-state index in [1.165, 1.54) is 6.42 Å². The Labute approximate surface area is 98.5 Å². The number of nitrogens with zero attached hydrogens (tertiary/aromatic N) is 3. The first-order chi connectivity index (χ1) is 7.44. The standard InChI is InChI=1S/C12H24N4/c1-6-7-10(2)16-11(13-9-15-16)8-14-12(3,4)5/h9-10,14H,6-8H2,1-5H3. The Hall–Kier alpha value is -0.900. The van der Waals surface area contributed by atoms with Crippen molar-refractivity contribution in [3.05, 3.63) is 12.2 Å². The van der Waals surface area contributed by atoms with E-state index in [1.807, 2.05) is 4.68 Å². The van der Waals surface area contributed by atoms with Crippen molar-refractivity contribution in [3.63, 3.8) is 0 Å². The van der Waals surface area contributed by atoms with E-state index in [0.29, 0.717) is 6.04 Å². The molecule has 0 aliphatic carbocycles. The second-order valence-electron chi connectivity index (χ2n) is 5.36. The zero-order valence-corrected chi connectivity index (χ0v) is 11.1. The molecule has 16 heavy (non-hydrogen) atoms. The summed E-state index contributed by atoms with van der Waals surface area (Å²) < 4.78 is 2.03. The first-order valence-corrected chi connectivity index (χ1v) is 6.07. The maximum atomic E-state index is 4.31. The van der Waals surface area contributed by atoms with Gasteiger partial charge in [-0.05, 0) is 34.1 Å². The molecule has 1 atom stereocenters. The number of rotatable bonds is 5. The smallest absolute Gasteiger partial charge is 0.141 e. The third-order valence-electron chi connectivity index (χ3n) is 2.55. The SMILES string of the molecule is CCCC(C)n1ncnc1CNC(C)(C)C. The van der Waals surface area contributed by atoms with Crippen LogP contribution in [-0.2, 0) is 6.54 Å². The Morgan fingerprint density at radius 3 is 2.69 bits per heavy atom. The molecule has 1 N–H and O–H groups in total. The predicted molar refractivity (Wildman–Crippen MR) is 66.2 cm³/mol. The van der Waals surface area contributed by atoms with Crippen LogP contribution in [0.3, 0.4) is 0 Å². The fraction of sp³-hybridized carbons (Fsp3) is 0.833. The Morgan fingerprint density at radius 1 is 1.44 bits per heavy atom. The molecule has 0 saturated carbocycles. The lowest BCUT2D eigenvalue weighted by Crippen LogP contribution is -2.36. The van der Waals surface area contributed by atoms with Gasteiger partial charge < -0.3 is 5.32 Å². The van der Waals surface area contributed by atoms with E-state index in [4.69, 9.17) is 0 Å². The molecule has 1 heterocycles. The maximum Gasteiger partial charge on any atom is 0.141 e. The molecule has 1 rings (SSSR count). The molecule has 0 aromatic carbocycles. The molecular weight excluding hydrogens is 200 g/mol. The van der Waals surface area contributed by atoms with Crippen molar-refractivity contribution in [1.29, 1.82) is 0 Å². The zero-order chi connectivity index (χ0) is 12.2. The minimum atomic E-state index is 0.116. The Kier molecular flexibility index (Phi) is 4.47. The number of aromatic nitrogens is 3. The summed E-state index contributed by atoms with van der Waals surface area (Å²) >= 11 is 0. The second kappa shape index (κ2) is 5.43. The summed E-state index contributed by atoms with van der Waals surface area (Å²) in [7, 11) is 0. The van der Waals surface area contributed by atoms with Crippen molar-refractivity contribution in [3.8, 4) is 0 Å². The molecule has 0 radical (unpaired) electrons. The molecule has 0 aliphatic heterocycles. The number of nitrogens with one attached hydrogen (secondary N) is 1. The minimum Gasteiger partial charge on any atom is -0.305 e. The van der Waals surface area contributed by atoms with Gasteiger partial charge in [0.1, 0.15) is 12.2 Å². The van der Waals surface area contributed by atoms with E-state index in [2.05, 4.69) is 50.0 Å². The molecule has 1 unspecified atom stereocenters. The average molecular weight is 224 g/mol. The van der Waals surface area contributed by atoms with Gasteiger partial charge in [-0.3, -0.25) is 0 Å². The minimum absolute atomic E-state index is 0.116. The van der Waals surface area contributed by atoms with Gasteiger partial charge in [-0.15, -0.1) is 0 Å². The van der Waals surface area contributed by atoms with Crippen LogP contribution in [0.25, 0.3) is 0 Å². The van der Waals surface area contributed by atoms with E-state index in [0.717, 1.165) is 18.8 Å². The lowest BCUT2D eigenvalue weighted by molar-refractivity contribution is 0.386. The summed E-state index contributed by atoms with van der Waals surface area (Å²) in [5.74, 6) is 1.02. The van der Waals surface area contributed by atoms with E-state index in [1.54, 1.807) is 6.33 Å². The normalized spacial score (nSPS) is 14.1. The van der Waals surface area contributed by atoms with E-state index in [9.17, 15) is 0 Å². The summed E-state index contributed by atoms with van der Waals surface area (Å²) in [5.41, 5.74) is 0.116. The summed E-state index contributed by atoms with van der Waals surface area (Å²) in [6.45, 7) is 11.6. The average Bonchev–Trinajstić information content (AvgIpc) is 2.61. The lowest BCUT2D eigenvalue weighted by Gasteiger charge is -2.21. The highest BCUT2D eigenvalue weighted by Gasteiger charge is 2.14. The number of hydrogen-bond acceptors (Lipinski definition) is 3. The molecule has 92 valence electrons. The van der Waals surface area contributed by atoms with E-state index >= 15 is 0 Å². The van der Waals surface area contributed by atoms with Gasteiger partial charge in [0.05, 0.1) is 12.6 Å². The van der Waals surface area contributed by atoms with Crippen molar-refractivity contribution >= 4 is 0 Å². The first-order valence-electron chi connectivity index (χ1n) is 6.07. The third kappa shape index (κ3) is 3.93.